The van der Waals surface area contributed by atoms with Crippen LogP contribution in [0.25, 0.3) is 22.7 Å². The molecule has 0 saturated heterocycles. The number of anilines is 2. The number of carbonyl (C=O) groups excluding carboxylic acids is 1. The number of para-hydroxylation sites is 2. The fraction of sp³-hybridized carbons (Fsp3) is 0.172. The van der Waals surface area contributed by atoms with Gasteiger partial charge in [0.25, 0.3) is 11.4 Å². The molecule has 1 aliphatic heterocycles. The molecule has 0 spiro atoms. The minimum absolute atomic E-state index is 0.0103. The Kier molecular flexibility index (Phi) is 5.68. The molecule has 9 heteroatoms. The Labute approximate surface area is 218 Å². The molecule has 5 aromatic rings. The maximum atomic E-state index is 13.2. The van der Waals surface area contributed by atoms with Gasteiger partial charge in [0.15, 0.2) is 11.3 Å². The second kappa shape index (κ2) is 9.19. The maximum absolute atomic E-state index is 13.2. The first-order valence-corrected chi connectivity index (χ1v) is 12.3. The molecule has 1 amide bonds. The normalized spacial score (nSPS) is 14.9. The second-order valence-electron chi connectivity index (χ2n) is 9.31. The monoisotopic (exact) mass is 507 g/mol. The molecule has 2 aromatic heterocycles. The number of oxazole rings is 1. The Morgan fingerprint density at radius 1 is 1.05 bits per heavy atom. The summed E-state index contributed by atoms with van der Waals surface area (Å²) in [6, 6.07) is 22.8. The van der Waals surface area contributed by atoms with Crippen LogP contribution in [0, 0.1) is 0 Å². The highest BCUT2D eigenvalue weighted by atomic mass is 16.4. The molecule has 1 aliphatic rings. The summed E-state index contributed by atoms with van der Waals surface area (Å²) in [5.41, 5.74) is 4.36. The Hall–Kier alpha value is -4.92. The van der Waals surface area contributed by atoms with Gasteiger partial charge in [0, 0.05) is 26.2 Å². The van der Waals surface area contributed by atoms with Crippen LogP contribution >= 0.6 is 0 Å². The SMILES string of the molecule is CC(=O)Nc1ccc2c(c1)C(c1ccccc1)N(c1nc(-c3nc4ccccc4o3)c(O)c(=O)n1C)CC2. The van der Waals surface area contributed by atoms with E-state index in [0.717, 1.165) is 16.7 Å². The van der Waals surface area contributed by atoms with Crippen molar-refractivity contribution < 1.29 is 14.3 Å². The van der Waals surface area contributed by atoms with Gasteiger partial charge in [0.2, 0.25) is 17.6 Å². The molecule has 190 valence electrons. The zero-order valence-electron chi connectivity index (χ0n) is 20.9. The van der Waals surface area contributed by atoms with Crippen molar-refractivity contribution in [2.24, 2.45) is 7.05 Å². The van der Waals surface area contributed by atoms with E-state index in [1.165, 1.54) is 11.5 Å². The van der Waals surface area contributed by atoms with Crippen LogP contribution in [0.5, 0.6) is 5.75 Å². The fourth-order valence-electron chi connectivity index (χ4n) is 5.06. The Bertz CT molecular complexity index is 1710. The van der Waals surface area contributed by atoms with Crippen LogP contribution in [0.4, 0.5) is 11.6 Å². The van der Waals surface area contributed by atoms with Gasteiger partial charge in [-0.1, -0.05) is 48.5 Å². The molecule has 38 heavy (non-hydrogen) atoms. The fourth-order valence-corrected chi connectivity index (χ4v) is 5.06. The maximum Gasteiger partial charge on any atom is 0.297 e. The number of carbonyl (C=O) groups is 1. The highest BCUT2D eigenvalue weighted by Gasteiger charge is 2.33. The van der Waals surface area contributed by atoms with Gasteiger partial charge in [-0.3, -0.25) is 14.2 Å². The van der Waals surface area contributed by atoms with Crippen molar-refractivity contribution in [1.82, 2.24) is 14.5 Å². The molecule has 0 fully saturated rings. The second-order valence-corrected chi connectivity index (χ2v) is 9.31. The van der Waals surface area contributed by atoms with E-state index < -0.39 is 11.3 Å². The number of aromatic hydroxyl groups is 1. The summed E-state index contributed by atoms with van der Waals surface area (Å²) in [5, 5.41) is 13.7. The third-order valence-corrected chi connectivity index (χ3v) is 6.81. The summed E-state index contributed by atoms with van der Waals surface area (Å²) in [6.07, 6.45) is 0.702. The number of hydrogen-bond acceptors (Lipinski definition) is 7. The van der Waals surface area contributed by atoms with Gasteiger partial charge in [0.05, 0.1) is 6.04 Å². The van der Waals surface area contributed by atoms with Gasteiger partial charge < -0.3 is 19.7 Å². The van der Waals surface area contributed by atoms with E-state index in [0.29, 0.717) is 35.7 Å². The molecule has 0 radical (unpaired) electrons. The van der Waals surface area contributed by atoms with E-state index in [1.807, 2.05) is 65.6 Å². The predicted octanol–water partition coefficient (Wildman–Crippen LogP) is 4.40. The van der Waals surface area contributed by atoms with Crippen LogP contribution in [0.15, 0.2) is 82.0 Å². The minimum atomic E-state index is -0.600. The minimum Gasteiger partial charge on any atom is -0.501 e. The van der Waals surface area contributed by atoms with Crippen molar-refractivity contribution in [2.45, 2.75) is 19.4 Å². The van der Waals surface area contributed by atoms with Gasteiger partial charge in [-0.15, -0.1) is 0 Å². The van der Waals surface area contributed by atoms with Crippen molar-refractivity contribution in [2.75, 3.05) is 16.8 Å². The third-order valence-electron chi connectivity index (χ3n) is 6.81. The molecular formula is C29H25N5O4. The summed E-state index contributed by atoms with van der Waals surface area (Å²) in [6.45, 7) is 2.05. The van der Waals surface area contributed by atoms with E-state index in [-0.39, 0.29) is 23.5 Å². The molecule has 9 nitrogen and oxygen atoms in total. The van der Waals surface area contributed by atoms with Gasteiger partial charge in [-0.25, -0.2) is 9.97 Å². The van der Waals surface area contributed by atoms with Crippen LogP contribution in [0.1, 0.15) is 29.7 Å². The van der Waals surface area contributed by atoms with Crippen LogP contribution in [-0.4, -0.2) is 32.1 Å². The van der Waals surface area contributed by atoms with Gasteiger partial charge >= 0.3 is 0 Å². The molecule has 1 unspecified atom stereocenters. The first-order chi connectivity index (χ1) is 18.4. The number of benzene rings is 3. The zero-order chi connectivity index (χ0) is 26.4. The first-order valence-electron chi connectivity index (χ1n) is 12.3. The average Bonchev–Trinajstić information content (AvgIpc) is 3.35. The number of nitrogens with zero attached hydrogens (tertiary/aromatic N) is 4. The highest BCUT2D eigenvalue weighted by molar-refractivity contribution is 5.89. The number of rotatable bonds is 4. The summed E-state index contributed by atoms with van der Waals surface area (Å²) in [5.74, 6) is -0.234. The van der Waals surface area contributed by atoms with Crippen LogP contribution in [0.3, 0.4) is 0 Å². The summed E-state index contributed by atoms with van der Waals surface area (Å²) in [4.78, 5) is 36.3. The first kappa shape index (κ1) is 23.5. The van der Waals surface area contributed by atoms with Crippen LogP contribution < -0.4 is 15.8 Å². The van der Waals surface area contributed by atoms with Crippen molar-refractivity contribution in [3.05, 3.63) is 99.8 Å². The summed E-state index contributed by atoms with van der Waals surface area (Å²) < 4.78 is 7.20. The van der Waals surface area contributed by atoms with Crippen LogP contribution in [0.2, 0.25) is 0 Å². The number of aromatic nitrogens is 3. The Morgan fingerprint density at radius 3 is 2.58 bits per heavy atom. The van der Waals surface area contributed by atoms with Crippen LogP contribution in [-0.2, 0) is 18.3 Å². The zero-order valence-corrected chi connectivity index (χ0v) is 20.9. The standard InChI is InChI=1S/C29H25N5O4/c1-17(35)30-20-13-12-18-14-15-34(25(21(18)16-20)19-8-4-3-5-9-19)29-32-24(26(36)28(37)33(29)2)27-31-22-10-6-7-11-23(22)38-27/h3-13,16,25,36H,14-15H2,1-2H3,(H,30,35). The lowest BCUT2D eigenvalue weighted by atomic mass is 9.88. The Balaban J connectivity index is 1.54. The average molecular weight is 508 g/mol. The third kappa shape index (κ3) is 3.98. The molecule has 1 atom stereocenters. The number of nitrogens with one attached hydrogen (secondary N) is 1. The molecule has 3 aromatic carbocycles. The van der Waals surface area contributed by atoms with Crippen molar-refractivity contribution >= 4 is 28.6 Å². The molecule has 0 aliphatic carbocycles. The Morgan fingerprint density at radius 2 is 1.82 bits per heavy atom. The molecule has 6 rings (SSSR count). The van der Waals surface area contributed by atoms with Gasteiger partial charge in [-0.05, 0) is 47.4 Å². The topological polar surface area (TPSA) is 113 Å². The van der Waals surface area contributed by atoms with Crippen molar-refractivity contribution in [1.29, 1.82) is 0 Å². The molecule has 0 saturated carbocycles. The lowest BCUT2D eigenvalue weighted by Crippen LogP contribution is -2.40. The predicted molar refractivity (Wildman–Crippen MR) is 144 cm³/mol. The molecule has 2 N–H and O–H groups in total. The largest absolute Gasteiger partial charge is 0.501 e. The van der Waals surface area contributed by atoms with E-state index in [9.17, 15) is 14.7 Å². The van der Waals surface area contributed by atoms with E-state index in [1.54, 1.807) is 19.2 Å². The van der Waals surface area contributed by atoms with E-state index in [4.69, 9.17) is 9.40 Å². The number of amides is 1. The molecule has 3 heterocycles. The van der Waals surface area contributed by atoms with E-state index in [2.05, 4.69) is 10.3 Å². The lowest BCUT2D eigenvalue weighted by Gasteiger charge is -2.39. The van der Waals surface area contributed by atoms with Gasteiger partial charge in [-0.2, -0.15) is 0 Å². The summed E-state index contributed by atoms with van der Waals surface area (Å²) in [7, 11) is 1.59. The quantitative estimate of drug-likeness (QED) is 0.371. The van der Waals surface area contributed by atoms with E-state index >= 15 is 0 Å². The van der Waals surface area contributed by atoms with Crippen molar-refractivity contribution in [3.63, 3.8) is 0 Å². The number of fused-ring (bicyclic) bond motifs is 2. The summed E-state index contributed by atoms with van der Waals surface area (Å²) >= 11 is 0. The molecular weight excluding hydrogens is 482 g/mol. The highest BCUT2D eigenvalue weighted by Crippen LogP contribution is 2.39. The molecule has 0 bridgehead atoms. The van der Waals surface area contributed by atoms with Gasteiger partial charge in [0.1, 0.15) is 5.52 Å². The smallest absolute Gasteiger partial charge is 0.297 e. The number of hydrogen-bond donors (Lipinski definition) is 2. The van der Waals surface area contributed by atoms with Crippen molar-refractivity contribution in [3.8, 4) is 17.3 Å². The lowest BCUT2D eigenvalue weighted by molar-refractivity contribution is -0.114.